The number of carbonyl (C=O) groups excluding carboxylic acids is 1. The summed E-state index contributed by atoms with van der Waals surface area (Å²) in [6.07, 6.45) is 4.74. The van der Waals surface area contributed by atoms with E-state index in [1.165, 1.54) is 0 Å². The van der Waals surface area contributed by atoms with Crippen LogP contribution in [0, 0.1) is 0 Å². The number of pyridine rings is 1. The highest BCUT2D eigenvalue weighted by Gasteiger charge is 2.29. The molecule has 0 fully saturated rings. The van der Waals surface area contributed by atoms with E-state index < -0.39 is 5.54 Å². The van der Waals surface area contributed by atoms with E-state index in [1.807, 2.05) is 13.8 Å². The fourth-order valence-electron chi connectivity index (χ4n) is 1.54. The average molecular weight is 241 g/mol. The van der Waals surface area contributed by atoms with Gasteiger partial charge in [0.2, 0.25) is 0 Å². The molecular formula is C12H17ClN2O. The maximum absolute atomic E-state index is 12.0. The second-order valence-electron chi connectivity index (χ2n) is 3.93. The van der Waals surface area contributed by atoms with E-state index >= 15 is 0 Å². The van der Waals surface area contributed by atoms with Crippen LogP contribution in [0.25, 0.3) is 0 Å². The first kappa shape index (κ1) is 13.1. The fraction of sp³-hybridized carbons (Fsp3) is 0.500. The molecule has 0 atom stereocenters. The molecule has 0 aliphatic carbocycles. The number of Topliss-reactive ketones (excluding diaryl/α,β-unsaturated/α-hetero) is 1. The molecule has 0 unspecified atom stereocenters. The van der Waals surface area contributed by atoms with Gasteiger partial charge in [0.25, 0.3) is 0 Å². The van der Waals surface area contributed by atoms with Crippen LogP contribution in [-0.2, 0) is 11.2 Å². The molecule has 0 spiro atoms. The van der Waals surface area contributed by atoms with Crippen molar-refractivity contribution in [2.24, 2.45) is 5.73 Å². The first-order valence-electron chi connectivity index (χ1n) is 5.44. The highest BCUT2D eigenvalue weighted by molar-refractivity contribution is 6.31. The summed E-state index contributed by atoms with van der Waals surface area (Å²) in [6.45, 7) is 3.85. The number of halogens is 1. The maximum atomic E-state index is 12.0. The Kier molecular flexibility index (Phi) is 4.44. The zero-order valence-corrected chi connectivity index (χ0v) is 10.4. The van der Waals surface area contributed by atoms with Crippen molar-refractivity contribution in [3.05, 3.63) is 29.0 Å². The Labute approximate surface area is 101 Å². The van der Waals surface area contributed by atoms with E-state index in [1.54, 1.807) is 18.5 Å². The Bertz CT molecular complexity index is 375. The Morgan fingerprint density at radius 3 is 2.62 bits per heavy atom. The van der Waals surface area contributed by atoms with Gasteiger partial charge in [-0.05, 0) is 24.5 Å². The highest BCUT2D eigenvalue weighted by Crippen LogP contribution is 2.19. The molecule has 0 saturated carbocycles. The molecule has 16 heavy (non-hydrogen) atoms. The molecule has 1 rings (SSSR count). The SMILES string of the molecule is CCC(N)(CC)C(=O)Cc1ccncc1Cl. The molecule has 0 bridgehead atoms. The minimum absolute atomic E-state index is 0.0330. The topological polar surface area (TPSA) is 56.0 Å². The molecule has 1 heterocycles. The number of aromatic nitrogens is 1. The Hall–Kier alpha value is -0.930. The summed E-state index contributed by atoms with van der Waals surface area (Å²) < 4.78 is 0. The van der Waals surface area contributed by atoms with Gasteiger partial charge in [0.05, 0.1) is 10.6 Å². The van der Waals surface area contributed by atoms with Gasteiger partial charge in [0.15, 0.2) is 5.78 Å². The minimum Gasteiger partial charge on any atom is -0.319 e. The van der Waals surface area contributed by atoms with Crippen molar-refractivity contribution in [3.8, 4) is 0 Å². The monoisotopic (exact) mass is 240 g/mol. The predicted octanol–water partition coefficient (Wildman–Crippen LogP) is 2.36. The van der Waals surface area contributed by atoms with Crippen LogP contribution in [-0.4, -0.2) is 16.3 Å². The zero-order valence-electron chi connectivity index (χ0n) is 9.66. The van der Waals surface area contributed by atoms with Gasteiger partial charge >= 0.3 is 0 Å². The summed E-state index contributed by atoms with van der Waals surface area (Å²) in [7, 11) is 0. The third-order valence-corrected chi connectivity index (χ3v) is 3.36. The summed E-state index contributed by atoms with van der Waals surface area (Å²) in [4.78, 5) is 15.9. The summed E-state index contributed by atoms with van der Waals surface area (Å²) >= 11 is 5.95. The molecule has 3 nitrogen and oxygen atoms in total. The lowest BCUT2D eigenvalue weighted by Gasteiger charge is -2.24. The summed E-state index contributed by atoms with van der Waals surface area (Å²) in [5, 5.41) is 0.519. The number of nitrogens with zero attached hydrogens (tertiary/aromatic N) is 1. The lowest BCUT2D eigenvalue weighted by atomic mass is 9.86. The average Bonchev–Trinajstić information content (AvgIpc) is 2.31. The van der Waals surface area contributed by atoms with Crippen LogP contribution in [0.3, 0.4) is 0 Å². The van der Waals surface area contributed by atoms with Crippen LogP contribution in [0.2, 0.25) is 5.02 Å². The molecule has 0 amide bonds. The van der Waals surface area contributed by atoms with Crippen LogP contribution in [0.1, 0.15) is 32.3 Å². The number of carbonyl (C=O) groups is 1. The second kappa shape index (κ2) is 5.41. The largest absolute Gasteiger partial charge is 0.319 e. The van der Waals surface area contributed by atoms with Crippen LogP contribution >= 0.6 is 11.6 Å². The number of hydrogen-bond acceptors (Lipinski definition) is 3. The predicted molar refractivity (Wildman–Crippen MR) is 65.5 cm³/mol. The zero-order chi connectivity index (χ0) is 12.2. The molecule has 1 aromatic rings. The Morgan fingerprint density at radius 2 is 2.12 bits per heavy atom. The highest BCUT2D eigenvalue weighted by atomic mass is 35.5. The normalized spacial score (nSPS) is 11.5. The van der Waals surface area contributed by atoms with Crippen molar-refractivity contribution in [3.63, 3.8) is 0 Å². The number of nitrogens with two attached hydrogens (primary N) is 1. The van der Waals surface area contributed by atoms with Gasteiger partial charge in [0.1, 0.15) is 0 Å². The van der Waals surface area contributed by atoms with Crippen molar-refractivity contribution in [2.45, 2.75) is 38.6 Å². The molecular weight excluding hydrogens is 224 g/mol. The Morgan fingerprint density at radius 1 is 1.50 bits per heavy atom. The van der Waals surface area contributed by atoms with Gasteiger partial charge in [-0.1, -0.05) is 25.4 Å². The molecule has 2 N–H and O–H groups in total. The van der Waals surface area contributed by atoms with Gasteiger partial charge in [0, 0.05) is 18.8 Å². The lowest BCUT2D eigenvalue weighted by molar-refractivity contribution is -0.123. The molecule has 88 valence electrons. The van der Waals surface area contributed by atoms with E-state index in [9.17, 15) is 4.79 Å². The molecule has 1 aromatic heterocycles. The molecule has 0 aliphatic heterocycles. The van der Waals surface area contributed by atoms with E-state index in [0.717, 1.165) is 5.56 Å². The van der Waals surface area contributed by atoms with Gasteiger partial charge in [-0.2, -0.15) is 0 Å². The van der Waals surface area contributed by atoms with Crippen molar-refractivity contribution >= 4 is 17.4 Å². The van der Waals surface area contributed by atoms with Gasteiger partial charge < -0.3 is 5.73 Å². The van der Waals surface area contributed by atoms with Crippen molar-refractivity contribution in [1.29, 1.82) is 0 Å². The smallest absolute Gasteiger partial charge is 0.157 e. The van der Waals surface area contributed by atoms with Crippen molar-refractivity contribution < 1.29 is 4.79 Å². The molecule has 0 radical (unpaired) electrons. The first-order chi connectivity index (χ1) is 7.53. The number of hydrogen-bond donors (Lipinski definition) is 1. The van der Waals surface area contributed by atoms with Crippen LogP contribution in [0.5, 0.6) is 0 Å². The number of rotatable bonds is 5. The van der Waals surface area contributed by atoms with Crippen molar-refractivity contribution in [1.82, 2.24) is 4.98 Å². The lowest BCUT2D eigenvalue weighted by Crippen LogP contribution is -2.47. The van der Waals surface area contributed by atoms with Crippen LogP contribution < -0.4 is 5.73 Å². The standard InChI is InChI=1S/C12H17ClN2O/c1-3-12(14,4-2)11(16)7-9-5-6-15-8-10(9)13/h5-6,8H,3-4,7,14H2,1-2H3. The van der Waals surface area contributed by atoms with Crippen LogP contribution in [0.4, 0.5) is 0 Å². The minimum atomic E-state index is -0.730. The second-order valence-corrected chi connectivity index (χ2v) is 4.34. The summed E-state index contributed by atoms with van der Waals surface area (Å²) in [5.74, 6) is 0.0330. The third-order valence-electron chi connectivity index (χ3n) is 3.02. The van der Waals surface area contributed by atoms with Gasteiger partial charge in [-0.15, -0.1) is 0 Å². The molecule has 4 heteroatoms. The molecule has 0 aromatic carbocycles. The van der Waals surface area contributed by atoms with E-state index in [2.05, 4.69) is 4.98 Å². The van der Waals surface area contributed by atoms with Gasteiger partial charge in [-0.25, -0.2) is 0 Å². The van der Waals surface area contributed by atoms with Crippen molar-refractivity contribution in [2.75, 3.05) is 0 Å². The fourth-order valence-corrected chi connectivity index (χ4v) is 1.73. The molecule has 0 aliphatic rings. The third kappa shape index (κ3) is 2.80. The van der Waals surface area contributed by atoms with Crippen LogP contribution in [0.15, 0.2) is 18.5 Å². The summed E-state index contributed by atoms with van der Waals surface area (Å²) in [5.41, 5.74) is 6.09. The quantitative estimate of drug-likeness (QED) is 0.860. The Balaban J connectivity index is 2.83. The summed E-state index contributed by atoms with van der Waals surface area (Å²) in [6, 6.07) is 1.76. The van der Waals surface area contributed by atoms with E-state index in [4.69, 9.17) is 17.3 Å². The van der Waals surface area contributed by atoms with E-state index in [0.29, 0.717) is 17.9 Å². The maximum Gasteiger partial charge on any atom is 0.157 e. The number of ketones is 1. The van der Waals surface area contributed by atoms with E-state index in [-0.39, 0.29) is 12.2 Å². The first-order valence-corrected chi connectivity index (χ1v) is 5.82. The molecule has 0 saturated heterocycles. The van der Waals surface area contributed by atoms with Gasteiger partial charge in [-0.3, -0.25) is 9.78 Å².